The molecule has 1 heterocycles. The van der Waals surface area contributed by atoms with Gasteiger partial charge in [0.05, 0.1) is 25.7 Å². The topological polar surface area (TPSA) is 51.0 Å². The number of carbonyl (C=O) groups excluding carboxylic acids is 1. The molecule has 1 aromatic rings. The van der Waals surface area contributed by atoms with Crippen LogP contribution < -0.4 is 17.3 Å². The van der Waals surface area contributed by atoms with E-state index in [9.17, 15) is 9.90 Å². The van der Waals surface area contributed by atoms with Crippen LogP contribution in [0.1, 0.15) is 43.5 Å². The average Bonchev–Trinajstić information content (AvgIpc) is 2.45. The second kappa shape index (κ2) is 9.01. The van der Waals surface area contributed by atoms with Gasteiger partial charge in [0.15, 0.2) is 0 Å². The van der Waals surface area contributed by atoms with E-state index in [1.807, 2.05) is 0 Å². The summed E-state index contributed by atoms with van der Waals surface area (Å²) in [6.07, 6.45) is 3.44. The van der Waals surface area contributed by atoms with Gasteiger partial charge in [-0.3, -0.25) is 0 Å². The number of nitrogens with one attached hydrogen (secondary N) is 1. The number of rotatable bonds is 5. The van der Waals surface area contributed by atoms with E-state index >= 15 is 0 Å². The van der Waals surface area contributed by atoms with Crippen LogP contribution in [-0.2, 0) is 4.74 Å². The predicted molar refractivity (Wildman–Crippen MR) is 81.6 cm³/mol. The summed E-state index contributed by atoms with van der Waals surface area (Å²) in [4.78, 5) is 13.5. The zero-order valence-electron chi connectivity index (χ0n) is 13.3. The summed E-state index contributed by atoms with van der Waals surface area (Å²) in [6.45, 7) is 7.30. The fraction of sp³-hybridized carbons (Fsp3) is 0.588. The van der Waals surface area contributed by atoms with Crippen LogP contribution in [0.25, 0.3) is 0 Å². The van der Waals surface area contributed by atoms with E-state index in [2.05, 4.69) is 13.8 Å². The Morgan fingerprint density at radius 3 is 2.77 bits per heavy atom. The number of phenols is 1. The second-order valence-corrected chi connectivity index (χ2v) is 6.20. The minimum absolute atomic E-state index is 0. The number of piperidine rings is 1. The Labute approximate surface area is 138 Å². The van der Waals surface area contributed by atoms with Crippen molar-refractivity contribution in [1.29, 1.82) is 0 Å². The number of para-hydroxylation sites is 1. The predicted octanol–water partition coefficient (Wildman–Crippen LogP) is -1.35. The van der Waals surface area contributed by atoms with Crippen LogP contribution in [0, 0.1) is 5.92 Å². The van der Waals surface area contributed by atoms with Crippen molar-refractivity contribution >= 4 is 5.97 Å². The summed E-state index contributed by atoms with van der Waals surface area (Å²) in [6, 6.07) is 7.18. The van der Waals surface area contributed by atoms with E-state index in [-0.39, 0.29) is 23.7 Å². The SMILES string of the molecule is CC1CC[NH+](CCCOC(=O)c2ccccc2O)C(C)C1.[Cl-]. The molecule has 1 saturated heterocycles. The molecule has 2 N–H and O–H groups in total. The molecule has 22 heavy (non-hydrogen) atoms. The third kappa shape index (κ3) is 5.18. The van der Waals surface area contributed by atoms with Crippen molar-refractivity contribution in [3.05, 3.63) is 29.8 Å². The number of quaternary nitrogens is 1. The molecule has 0 spiro atoms. The van der Waals surface area contributed by atoms with E-state index in [4.69, 9.17) is 4.74 Å². The Kier molecular flexibility index (Phi) is 7.69. The summed E-state index contributed by atoms with van der Waals surface area (Å²) >= 11 is 0. The number of carbonyl (C=O) groups is 1. The highest BCUT2D eigenvalue weighted by Crippen LogP contribution is 2.16. The van der Waals surface area contributed by atoms with Crippen molar-refractivity contribution < 1.29 is 31.9 Å². The number of aromatic hydroxyl groups is 1. The summed E-state index contributed by atoms with van der Waals surface area (Å²) in [5.74, 6) is 0.373. The third-order valence-electron chi connectivity index (χ3n) is 4.41. The van der Waals surface area contributed by atoms with Gasteiger partial charge in [0.1, 0.15) is 11.3 Å². The number of phenolic OH excluding ortho intramolecular Hbond substituents is 1. The van der Waals surface area contributed by atoms with E-state index in [0.717, 1.165) is 18.9 Å². The van der Waals surface area contributed by atoms with Crippen LogP contribution in [0.5, 0.6) is 5.75 Å². The molecule has 0 aliphatic carbocycles. The lowest BCUT2D eigenvalue weighted by Gasteiger charge is -2.33. The molecule has 0 aromatic heterocycles. The summed E-state index contributed by atoms with van der Waals surface area (Å²) in [5.41, 5.74) is 0.241. The maximum absolute atomic E-state index is 11.8. The molecule has 4 nitrogen and oxygen atoms in total. The fourth-order valence-electron chi connectivity index (χ4n) is 3.13. The van der Waals surface area contributed by atoms with Crippen LogP contribution in [0.2, 0.25) is 0 Å². The van der Waals surface area contributed by atoms with Crippen molar-refractivity contribution in [1.82, 2.24) is 0 Å². The Morgan fingerprint density at radius 2 is 2.09 bits per heavy atom. The summed E-state index contributed by atoms with van der Waals surface area (Å²) in [5, 5.41) is 9.60. The van der Waals surface area contributed by atoms with Crippen LogP contribution >= 0.6 is 0 Å². The zero-order valence-corrected chi connectivity index (χ0v) is 14.1. The number of likely N-dealkylation sites (tertiary alicyclic amines) is 1. The molecule has 0 saturated carbocycles. The van der Waals surface area contributed by atoms with Gasteiger partial charge >= 0.3 is 5.97 Å². The molecule has 124 valence electrons. The number of esters is 1. The number of benzene rings is 1. The van der Waals surface area contributed by atoms with Gasteiger partial charge in [-0.25, -0.2) is 4.79 Å². The number of halogens is 1. The van der Waals surface area contributed by atoms with Gasteiger partial charge in [-0.05, 0) is 31.4 Å². The average molecular weight is 328 g/mol. The van der Waals surface area contributed by atoms with Crippen molar-refractivity contribution in [3.63, 3.8) is 0 Å². The normalized spacial score (nSPS) is 24.4. The first-order chi connectivity index (χ1) is 10.1. The molecule has 2 rings (SSSR count). The van der Waals surface area contributed by atoms with E-state index < -0.39 is 5.97 Å². The van der Waals surface area contributed by atoms with Crippen molar-refractivity contribution in [2.75, 3.05) is 19.7 Å². The zero-order chi connectivity index (χ0) is 15.2. The Morgan fingerprint density at radius 1 is 1.36 bits per heavy atom. The molecule has 3 unspecified atom stereocenters. The van der Waals surface area contributed by atoms with Crippen LogP contribution in [0.15, 0.2) is 24.3 Å². The van der Waals surface area contributed by atoms with E-state index in [0.29, 0.717) is 12.6 Å². The molecule has 3 atom stereocenters. The first-order valence-electron chi connectivity index (χ1n) is 7.87. The number of ether oxygens (including phenoxy) is 1. The van der Waals surface area contributed by atoms with Gasteiger partial charge in [-0.1, -0.05) is 19.1 Å². The van der Waals surface area contributed by atoms with Crippen LogP contribution in [-0.4, -0.2) is 36.8 Å². The maximum Gasteiger partial charge on any atom is 0.341 e. The molecule has 1 aliphatic heterocycles. The van der Waals surface area contributed by atoms with Gasteiger partial charge in [0.2, 0.25) is 0 Å². The molecule has 0 bridgehead atoms. The molecule has 0 radical (unpaired) electrons. The highest BCUT2D eigenvalue weighted by atomic mass is 35.5. The maximum atomic E-state index is 11.8. The Balaban J connectivity index is 0.00000242. The largest absolute Gasteiger partial charge is 1.00 e. The third-order valence-corrected chi connectivity index (χ3v) is 4.41. The minimum Gasteiger partial charge on any atom is -1.00 e. The molecule has 1 fully saturated rings. The molecule has 1 aliphatic rings. The van der Waals surface area contributed by atoms with Gasteiger partial charge in [0.25, 0.3) is 0 Å². The fourth-order valence-corrected chi connectivity index (χ4v) is 3.13. The number of hydrogen-bond donors (Lipinski definition) is 2. The molecular formula is C17H26ClNO3. The minimum atomic E-state index is -0.441. The van der Waals surface area contributed by atoms with E-state index in [1.54, 1.807) is 23.1 Å². The molecule has 1 aromatic carbocycles. The van der Waals surface area contributed by atoms with Crippen molar-refractivity contribution in [3.8, 4) is 5.75 Å². The van der Waals surface area contributed by atoms with Gasteiger partial charge in [-0.2, -0.15) is 0 Å². The van der Waals surface area contributed by atoms with Crippen molar-refractivity contribution in [2.45, 2.75) is 39.2 Å². The quantitative estimate of drug-likeness (QED) is 0.519. The summed E-state index contributed by atoms with van der Waals surface area (Å²) < 4.78 is 5.24. The second-order valence-electron chi connectivity index (χ2n) is 6.20. The first-order valence-corrected chi connectivity index (χ1v) is 7.87. The summed E-state index contributed by atoms with van der Waals surface area (Å²) in [7, 11) is 0. The van der Waals surface area contributed by atoms with Crippen LogP contribution in [0.4, 0.5) is 0 Å². The van der Waals surface area contributed by atoms with Gasteiger partial charge < -0.3 is 27.2 Å². The van der Waals surface area contributed by atoms with Crippen LogP contribution in [0.3, 0.4) is 0 Å². The lowest BCUT2D eigenvalue weighted by molar-refractivity contribution is -0.930. The van der Waals surface area contributed by atoms with Gasteiger partial charge in [-0.15, -0.1) is 0 Å². The standard InChI is InChI=1S/C17H25NO3.ClH/c1-13-8-10-18(14(2)12-13)9-5-11-21-17(20)15-6-3-4-7-16(15)19;/h3-4,6-7,13-14,19H,5,8-12H2,1-2H3;1H. The Hall–Kier alpha value is -1.26. The van der Waals surface area contributed by atoms with Gasteiger partial charge in [0, 0.05) is 12.8 Å². The number of hydrogen-bond acceptors (Lipinski definition) is 3. The van der Waals surface area contributed by atoms with E-state index in [1.165, 1.54) is 25.5 Å². The first kappa shape index (κ1) is 18.8. The highest BCUT2D eigenvalue weighted by Gasteiger charge is 2.25. The molecule has 5 heteroatoms. The van der Waals surface area contributed by atoms with Crippen molar-refractivity contribution in [2.24, 2.45) is 5.92 Å². The molecular weight excluding hydrogens is 302 g/mol. The molecule has 0 amide bonds. The highest BCUT2D eigenvalue weighted by molar-refractivity contribution is 5.92. The lowest BCUT2D eigenvalue weighted by Crippen LogP contribution is -3.16. The smallest absolute Gasteiger partial charge is 0.341 e. The Bertz CT molecular complexity index is 481. The lowest BCUT2D eigenvalue weighted by atomic mass is 9.93. The monoisotopic (exact) mass is 327 g/mol.